The van der Waals surface area contributed by atoms with Gasteiger partial charge in [-0.1, -0.05) is 19.9 Å². The molecule has 4 nitrogen and oxygen atoms in total. The van der Waals surface area contributed by atoms with E-state index >= 15 is 0 Å². The van der Waals surface area contributed by atoms with E-state index in [1.807, 2.05) is 13.8 Å². The molecule has 0 fully saturated rings. The lowest BCUT2D eigenvalue weighted by Gasteiger charge is -2.06. The summed E-state index contributed by atoms with van der Waals surface area (Å²) in [4.78, 5) is 22.5. The number of carbonyl (C=O) groups excluding carboxylic acids is 2. The number of methoxy groups -OCH3 is 1. The SMILES string of the molecule is CCOC(=O)/C(=C\C(C)C)C(=O)OC. The molecule has 0 aliphatic rings. The minimum Gasteiger partial charge on any atom is -0.465 e. The van der Waals surface area contributed by atoms with Gasteiger partial charge < -0.3 is 9.47 Å². The molecule has 0 unspecified atom stereocenters. The summed E-state index contributed by atoms with van der Waals surface area (Å²) in [6.07, 6.45) is 1.53. The van der Waals surface area contributed by atoms with Gasteiger partial charge in [-0.05, 0) is 12.8 Å². The minimum absolute atomic E-state index is 0.0376. The molecule has 0 aromatic rings. The Balaban J connectivity index is 4.72. The van der Waals surface area contributed by atoms with Crippen LogP contribution >= 0.6 is 0 Å². The van der Waals surface area contributed by atoms with Gasteiger partial charge in [-0.25, -0.2) is 9.59 Å². The summed E-state index contributed by atoms with van der Waals surface area (Å²) in [5.41, 5.74) is -0.0376. The Kier molecular flexibility index (Phi) is 5.60. The topological polar surface area (TPSA) is 52.6 Å². The molecule has 0 rings (SSSR count). The van der Waals surface area contributed by atoms with Crippen LogP contribution in [0.15, 0.2) is 11.6 Å². The molecule has 4 heteroatoms. The molecular weight excluding hydrogens is 184 g/mol. The van der Waals surface area contributed by atoms with E-state index in [2.05, 4.69) is 4.74 Å². The molecule has 0 aromatic carbocycles. The summed E-state index contributed by atoms with van der Waals surface area (Å²) < 4.78 is 9.19. The van der Waals surface area contributed by atoms with E-state index in [1.165, 1.54) is 13.2 Å². The number of rotatable bonds is 4. The van der Waals surface area contributed by atoms with Gasteiger partial charge in [0, 0.05) is 0 Å². The molecule has 0 saturated heterocycles. The van der Waals surface area contributed by atoms with Crippen molar-refractivity contribution in [2.24, 2.45) is 5.92 Å². The molecule has 14 heavy (non-hydrogen) atoms. The molecule has 0 spiro atoms. The van der Waals surface area contributed by atoms with Gasteiger partial charge in [-0.15, -0.1) is 0 Å². The summed E-state index contributed by atoms with van der Waals surface area (Å²) >= 11 is 0. The second-order valence-electron chi connectivity index (χ2n) is 3.04. The number of ether oxygens (including phenoxy) is 2. The molecule has 0 aliphatic carbocycles. The van der Waals surface area contributed by atoms with Gasteiger partial charge in [-0.3, -0.25) is 0 Å². The van der Waals surface area contributed by atoms with E-state index in [0.717, 1.165) is 0 Å². The fourth-order valence-corrected chi connectivity index (χ4v) is 0.872. The predicted octanol–water partition coefficient (Wildman–Crippen LogP) is 1.30. The highest BCUT2D eigenvalue weighted by molar-refractivity contribution is 6.14. The Labute approximate surface area is 83.9 Å². The number of allylic oxidation sites excluding steroid dienone is 1. The van der Waals surface area contributed by atoms with Crippen LogP contribution in [0.5, 0.6) is 0 Å². The van der Waals surface area contributed by atoms with E-state index in [-0.39, 0.29) is 18.1 Å². The Morgan fingerprint density at radius 2 is 1.86 bits per heavy atom. The normalized spacial score (nSPS) is 11.4. The molecule has 0 N–H and O–H groups in total. The van der Waals surface area contributed by atoms with Gasteiger partial charge in [0.2, 0.25) is 0 Å². The van der Waals surface area contributed by atoms with Crippen LogP contribution in [-0.4, -0.2) is 25.7 Å². The van der Waals surface area contributed by atoms with Crippen LogP contribution in [0.1, 0.15) is 20.8 Å². The first-order valence-corrected chi connectivity index (χ1v) is 4.50. The number of carbonyl (C=O) groups is 2. The second-order valence-corrected chi connectivity index (χ2v) is 3.04. The van der Waals surface area contributed by atoms with Crippen LogP contribution in [0.3, 0.4) is 0 Å². The first-order valence-electron chi connectivity index (χ1n) is 4.50. The van der Waals surface area contributed by atoms with Crippen molar-refractivity contribution in [2.45, 2.75) is 20.8 Å². The van der Waals surface area contributed by atoms with Gasteiger partial charge in [0.05, 0.1) is 13.7 Å². The zero-order valence-corrected chi connectivity index (χ0v) is 8.99. The summed E-state index contributed by atoms with van der Waals surface area (Å²) in [6, 6.07) is 0. The van der Waals surface area contributed by atoms with Gasteiger partial charge in [0.1, 0.15) is 5.57 Å². The highest BCUT2D eigenvalue weighted by atomic mass is 16.5. The zero-order chi connectivity index (χ0) is 11.1. The smallest absolute Gasteiger partial charge is 0.345 e. The summed E-state index contributed by atoms with van der Waals surface area (Å²) in [5.74, 6) is -1.20. The van der Waals surface area contributed by atoms with Gasteiger partial charge in [0.15, 0.2) is 0 Å². The number of hydrogen-bond acceptors (Lipinski definition) is 4. The van der Waals surface area contributed by atoms with Crippen molar-refractivity contribution in [1.82, 2.24) is 0 Å². The van der Waals surface area contributed by atoms with Crippen molar-refractivity contribution in [3.05, 3.63) is 11.6 Å². The van der Waals surface area contributed by atoms with Crippen LogP contribution in [0, 0.1) is 5.92 Å². The molecule has 80 valence electrons. The number of esters is 2. The van der Waals surface area contributed by atoms with Crippen LogP contribution in [-0.2, 0) is 19.1 Å². The van der Waals surface area contributed by atoms with Crippen molar-refractivity contribution in [2.75, 3.05) is 13.7 Å². The van der Waals surface area contributed by atoms with Crippen LogP contribution in [0.25, 0.3) is 0 Å². The fourth-order valence-electron chi connectivity index (χ4n) is 0.872. The maximum Gasteiger partial charge on any atom is 0.345 e. The average Bonchev–Trinajstić information content (AvgIpc) is 2.13. The molecule has 0 saturated carbocycles. The summed E-state index contributed by atoms with van der Waals surface area (Å²) in [7, 11) is 1.23. The van der Waals surface area contributed by atoms with Crippen LogP contribution < -0.4 is 0 Å². The Bertz CT molecular complexity index is 241. The average molecular weight is 200 g/mol. The van der Waals surface area contributed by atoms with Crippen molar-refractivity contribution in [3.8, 4) is 0 Å². The lowest BCUT2D eigenvalue weighted by Crippen LogP contribution is -2.17. The third kappa shape index (κ3) is 4.07. The van der Waals surface area contributed by atoms with Crippen LogP contribution in [0.2, 0.25) is 0 Å². The largest absolute Gasteiger partial charge is 0.465 e. The number of hydrogen-bond donors (Lipinski definition) is 0. The highest BCUT2D eigenvalue weighted by Crippen LogP contribution is 2.06. The van der Waals surface area contributed by atoms with E-state index in [4.69, 9.17) is 4.74 Å². The van der Waals surface area contributed by atoms with Crippen LogP contribution in [0.4, 0.5) is 0 Å². The van der Waals surface area contributed by atoms with Gasteiger partial charge in [-0.2, -0.15) is 0 Å². The molecule has 0 radical (unpaired) electrons. The highest BCUT2D eigenvalue weighted by Gasteiger charge is 2.20. The van der Waals surface area contributed by atoms with E-state index in [0.29, 0.717) is 0 Å². The van der Waals surface area contributed by atoms with E-state index in [9.17, 15) is 9.59 Å². The lowest BCUT2D eigenvalue weighted by molar-refractivity contribution is -0.145. The maximum absolute atomic E-state index is 11.3. The van der Waals surface area contributed by atoms with Gasteiger partial charge >= 0.3 is 11.9 Å². The lowest BCUT2D eigenvalue weighted by atomic mass is 10.1. The van der Waals surface area contributed by atoms with Crippen molar-refractivity contribution >= 4 is 11.9 Å². The molecule has 0 aliphatic heterocycles. The fraction of sp³-hybridized carbons (Fsp3) is 0.600. The Hall–Kier alpha value is -1.32. The quantitative estimate of drug-likeness (QED) is 0.297. The molecule has 0 amide bonds. The Morgan fingerprint density at radius 1 is 1.29 bits per heavy atom. The Morgan fingerprint density at radius 3 is 2.21 bits per heavy atom. The minimum atomic E-state index is -0.655. The third-order valence-electron chi connectivity index (χ3n) is 1.40. The van der Waals surface area contributed by atoms with E-state index < -0.39 is 11.9 Å². The third-order valence-corrected chi connectivity index (χ3v) is 1.40. The van der Waals surface area contributed by atoms with Crippen molar-refractivity contribution < 1.29 is 19.1 Å². The zero-order valence-electron chi connectivity index (χ0n) is 8.99. The molecule has 0 aromatic heterocycles. The first-order chi connectivity index (χ1) is 6.52. The molecular formula is C10H16O4. The van der Waals surface area contributed by atoms with Crippen molar-refractivity contribution in [3.63, 3.8) is 0 Å². The molecule has 0 atom stereocenters. The van der Waals surface area contributed by atoms with E-state index in [1.54, 1.807) is 6.92 Å². The van der Waals surface area contributed by atoms with Crippen molar-refractivity contribution in [1.29, 1.82) is 0 Å². The molecule has 0 heterocycles. The summed E-state index contributed by atoms with van der Waals surface area (Å²) in [5, 5.41) is 0. The monoisotopic (exact) mass is 200 g/mol. The summed E-state index contributed by atoms with van der Waals surface area (Å²) in [6.45, 7) is 5.65. The second kappa shape index (κ2) is 6.18. The maximum atomic E-state index is 11.3. The van der Waals surface area contributed by atoms with Gasteiger partial charge in [0.25, 0.3) is 0 Å². The molecule has 0 bridgehead atoms. The standard InChI is InChI=1S/C10H16O4/c1-5-14-10(12)8(6-7(2)3)9(11)13-4/h6-7H,5H2,1-4H3/b8-6-. The predicted molar refractivity (Wildman–Crippen MR) is 51.6 cm³/mol. The first kappa shape index (κ1) is 12.7.